The predicted octanol–water partition coefficient (Wildman–Crippen LogP) is 2.61. The lowest BCUT2D eigenvalue weighted by molar-refractivity contribution is -0.160. The molecule has 1 aromatic rings. The number of carbonyl (C=O) groups excluding carboxylic acids is 4. The largest absolute Gasteiger partial charge is 0.456 e. The molecule has 1 aliphatic heterocycles. The van der Waals surface area contributed by atoms with Crippen LogP contribution in [0.25, 0.3) is 0 Å². The normalized spacial score (nSPS) is 28.8. The first-order valence-electron chi connectivity index (χ1n) is 10.1. The summed E-state index contributed by atoms with van der Waals surface area (Å²) in [7, 11) is 0. The highest BCUT2D eigenvalue weighted by Gasteiger charge is 2.62. The third kappa shape index (κ3) is 3.26. The Kier molecular flexibility index (Phi) is 5.00. The number of amides is 2. The van der Waals surface area contributed by atoms with E-state index in [1.54, 1.807) is 13.8 Å². The van der Waals surface area contributed by atoms with E-state index in [4.69, 9.17) is 4.74 Å². The molecule has 2 amide bonds. The van der Waals surface area contributed by atoms with Gasteiger partial charge in [-0.2, -0.15) is 0 Å². The number of hydrogen-bond acceptors (Lipinski definition) is 5. The molecule has 4 rings (SSSR count). The average Bonchev–Trinajstić information content (AvgIpc) is 3.36. The number of Topliss-reactive ketones (excluding diaryl/α,β-unsaturated/α-hetero) is 1. The molecule has 5 atom stereocenters. The van der Waals surface area contributed by atoms with Crippen molar-refractivity contribution in [3.8, 4) is 0 Å². The van der Waals surface area contributed by atoms with E-state index in [0.29, 0.717) is 0 Å². The lowest BCUT2D eigenvalue weighted by Gasteiger charge is -2.28. The number of halogens is 1. The molecule has 7 heteroatoms. The smallest absolute Gasteiger partial charge is 0.330 e. The van der Waals surface area contributed by atoms with Crippen LogP contribution in [0, 0.1) is 35.4 Å². The fourth-order valence-corrected chi connectivity index (χ4v) is 5.32. The Bertz CT molecular complexity index is 836. The Morgan fingerprint density at radius 3 is 2.14 bits per heavy atom. The second-order valence-electron chi connectivity index (χ2n) is 8.66. The molecule has 154 valence electrons. The minimum absolute atomic E-state index is 0.222. The zero-order chi connectivity index (χ0) is 20.9. The molecule has 2 aliphatic carbocycles. The molecule has 1 aromatic carbocycles. The lowest BCUT2D eigenvalue weighted by atomic mass is 9.81. The molecule has 6 nitrogen and oxygen atoms in total. The van der Waals surface area contributed by atoms with Gasteiger partial charge in [0, 0.05) is 5.56 Å². The molecule has 2 saturated carbocycles. The number of hydrogen-bond donors (Lipinski definition) is 0. The highest BCUT2D eigenvalue weighted by molar-refractivity contribution is 6.09. The van der Waals surface area contributed by atoms with E-state index in [9.17, 15) is 23.6 Å². The van der Waals surface area contributed by atoms with Crippen LogP contribution < -0.4 is 0 Å². The summed E-state index contributed by atoms with van der Waals surface area (Å²) in [6.07, 6.45) is 2.84. The quantitative estimate of drug-likeness (QED) is 0.416. The minimum atomic E-state index is -1.04. The zero-order valence-electron chi connectivity index (χ0n) is 16.5. The fraction of sp³-hybridized carbons (Fsp3) is 0.545. The highest BCUT2D eigenvalue weighted by atomic mass is 19.1. The number of ketones is 1. The molecular formula is C22H24FNO5. The van der Waals surface area contributed by atoms with Crippen molar-refractivity contribution >= 4 is 23.6 Å². The van der Waals surface area contributed by atoms with Gasteiger partial charge in [-0.05, 0) is 61.3 Å². The summed E-state index contributed by atoms with van der Waals surface area (Å²) in [5, 5.41) is 0. The zero-order valence-corrected chi connectivity index (χ0v) is 16.5. The van der Waals surface area contributed by atoms with Crippen LogP contribution in [0.3, 0.4) is 0 Å². The van der Waals surface area contributed by atoms with Crippen LogP contribution in [0.2, 0.25) is 0 Å². The maximum atomic E-state index is 13.0. The van der Waals surface area contributed by atoms with Crippen molar-refractivity contribution in [3.05, 3.63) is 35.6 Å². The van der Waals surface area contributed by atoms with Crippen molar-refractivity contribution in [1.82, 2.24) is 4.90 Å². The monoisotopic (exact) mass is 401 g/mol. The number of benzene rings is 1. The first-order valence-corrected chi connectivity index (χ1v) is 10.1. The third-order valence-corrected chi connectivity index (χ3v) is 6.62. The first kappa shape index (κ1) is 19.7. The van der Waals surface area contributed by atoms with Gasteiger partial charge in [0.15, 0.2) is 12.4 Å². The number of fused-ring (bicyclic) bond motifs is 5. The Morgan fingerprint density at radius 1 is 1.07 bits per heavy atom. The molecule has 29 heavy (non-hydrogen) atoms. The van der Waals surface area contributed by atoms with Gasteiger partial charge in [0.25, 0.3) is 0 Å². The number of carbonyl (C=O) groups is 4. The summed E-state index contributed by atoms with van der Waals surface area (Å²) in [5.41, 5.74) is 0.222. The molecule has 1 heterocycles. The van der Waals surface area contributed by atoms with Gasteiger partial charge in [-0.3, -0.25) is 19.3 Å². The molecule has 0 spiro atoms. The van der Waals surface area contributed by atoms with Gasteiger partial charge >= 0.3 is 5.97 Å². The van der Waals surface area contributed by atoms with Crippen molar-refractivity contribution in [2.24, 2.45) is 29.6 Å². The van der Waals surface area contributed by atoms with E-state index >= 15 is 0 Å². The summed E-state index contributed by atoms with van der Waals surface area (Å²) in [6.45, 7) is 2.97. The van der Waals surface area contributed by atoms with Gasteiger partial charge in [-0.15, -0.1) is 0 Å². The summed E-state index contributed by atoms with van der Waals surface area (Å²) in [4.78, 5) is 52.1. The maximum absolute atomic E-state index is 13.0. The van der Waals surface area contributed by atoms with Crippen LogP contribution in [-0.4, -0.2) is 41.1 Å². The molecule has 0 radical (unpaired) electrons. The third-order valence-electron chi connectivity index (χ3n) is 6.62. The Hall–Kier alpha value is -2.57. The lowest BCUT2D eigenvalue weighted by Crippen LogP contribution is -2.50. The highest BCUT2D eigenvalue weighted by Crippen LogP contribution is 2.56. The van der Waals surface area contributed by atoms with Crippen LogP contribution in [0.15, 0.2) is 24.3 Å². The summed E-state index contributed by atoms with van der Waals surface area (Å²) in [5.74, 6) is -2.74. The average molecular weight is 401 g/mol. The topological polar surface area (TPSA) is 80.8 Å². The second kappa shape index (κ2) is 7.35. The Balaban J connectivity index is 1.47. The van der Waals surface area contributed by atoms with Crippen LogP contribution in [0.1, 0.15) is 43.5 Å². The van der Waals surface area contributed by atoms with Crippen LogP contribution in [-0.2, 0) is 19.1 Å². The molecular weight excluding hydrogens is 377 g/mol. The van der Waals surface area contributed by atoms with Gasteiger partial charge in [0.1, 0.15) is 11.9 Å². The van der Waals surface area contributed by atoms with Gasteiger partial charge in [0.05, 0.1) is 11.8 Å². The standard InChI is InChI=1S/C22H24FNO5/c1-11(2)19(22(28)29-10-16(25)12-5-7-15(23)8-6-12)24-20(26)17-13-3-4-14(9-13)18(17)21(24)27/h5-8,11,13-14,17-19H,3-4,9-10H2,1-2H3/t13-,14-,17+,18+,19+/m0/s1. The van der Waals surface area contributed by atoms with Crippen LogP contribution in [0.5, 0.6) is 0 Å². The molecule has 0 aromatic heterocycles. The van der Waals surface area contributed by atoms with Gasteiger partial charge in [-0.25, -0.2) is 9.18 Å². The van der Waals surface area contributed by atoms with Gasteiger partial charge in [0.2, 0.25) is 11.8 Å². The Labute approximate surface area is 168 Å². The molecule has 0 unspecified atom stereocenters. The van der Waals surface area contributed by atoms with Crippen molar-refractivity contribution < 1.29 is 28.3 Å². The van der Waals surface area contributed by atoms with E-state index in [-0.39, 0.29) is 47.0 Å². The van der Waals surface area contributed by atoms with E-state index in [1.165, 1.54) is 12.1 Å². The van der Waals surface area contributed by atoms with Crippen LogP contribution in [0.4, 0.5) is 4.39 Å². The van der Waals surface area contributed by atoms with Gasteiger partial charge in [-0.1, -0.05) is 13.8 Å². The van der Waals surface area contributed by atoms with E-state index in [2.05, 4.69) is 0 Å². The fourth-order valence-electron chi connectivity index (χ4n) is 5.32. The van der Waals surface area contributed by atoms with E-state index in [0.717, 1.165) is 36.3 Å². The summed E-state index contributed by atoms with van der Waals surface area (Å²) < 4.78 is 18.2. The maximum Gasteiger partial charge on any atom is 0.330 e. The number of rotatable bonds is 6. The molecule has 3 fully saturated rings. The van der Waals surface area contributed by atoms with Crippen LogP contribution >= 0.6 is 0 Å². The molecule has 2 bridgehead atoms. The van der Waals surface area contributed by atoms with Crippen molar-refractivity contribution in [3.63, 3.8) is 0 Å². The first-order chi connectivity index (χ1) is 13.8. The predicted molar refractivity (Wildman–Crippen MR) is 100.0 cm³/mol. The summed E-state index contributed by atoms with van der Waals surface area (Å²) >= 11 is 0. The SMILES string of the molecule is CC(C)[C@H](C(=O)OCC(=O)c1ccc(F)cc1)N1C(=O)[C@@H]2[C@H]3CC[C@@H](C3)[C@H]2C1=O. The Morgan fingerprint density at radius 2 is 1.62 bits per heavy atom. The number of ether oxygens (including phenoxy) is 1. The van der Waals surface area contributed by atoms with Crippen molar-refractivity contribution in [2.45, 2.75) is 39.2 Å². The van der Waals surface area contributed by atoms with Crippen molar-refractivity contribution in [2.75, 3.05) is 6.61 Å². The van der Waals surface area contributed by atoms with E-state index in [1.807, 2.05) is 0 Å². The second-order valence-corrected chi connectivity index (χ2v) is 8.66. The number of esters is 1. The minimum Gasteiger partial charge on any atom is -0.456 e. The number of likely N-dealkylation sites (tertiary alicyclic amines) is 1. The van der Waals surface area contributed by atoms with Crippen molar-refractivity contribution in [1.29, 1.82) is 0 Å². The summed E-state index contributed by atoms with van der Waals surface area (Å²) in [6, 6.07) is 3.90. The van der Waals surface area contributed by atoms with E-state index < -0.39 is 30.2 Å². The number of nitrogens with zero attached hydrogens (tertiary/aromatic N) is 1. The molecule has 1 saturated heterocycles. The van der Waals surface area contributed by atoms with Gasteiger partial charge < -0.3 is 4.74 Å². The number of imide groups is 1. The molecule has 3 aliphatic rings. The molecule has 0 N–H and O–H groups in total.